The van der Waals surface area contributed by atoms with Gasteiger partial charge in [0.2, 0.25) is 5.88 Å². The summed E-state index contributed by atoms with van der Waals surface area (Å²) in [7, 11) is 1.31. The van der Waals surface area contributed by atoms with Gasteiger partial charge in [0.1, 0.15) is 5.15 Å². The van der Waals surface area contributed by atoms with E-state index in [1.165, 1.54) is 32.8 Å². The Labute approximate surface area is 151 Å². The van der Waals surface area contributed by atoms with Crippen LogP contribution in [-0.2, 0) is 4.74 Å². The number of methoxy groups -OCH3 is 1. The second-order valence-electron chi connectivity index (χ2n) is 6.75. The van der Waals surface area contributed by atoms with Gasteiger partial charge in [0, 0.05) is 12.3 Å². The van der Waals surface area contributed by atoms with Crippen LogP contribution < -0.4 is 4.74 Å². The maximum absolute atomic E-state index is 11.6. The van der Waals surface area contributed by atoms with E-state index in [4.69, 9.17) is 16.3 Å². The van der Waals surface area contributed by atoms with Crippen LogP contribution in [0.25, 0.3) is 5.82 Å². The van der Waals surface area contributed by atoms with Gasteiger partial charge >= 0.3 is 5.97 Å². The molecule has 132 valence electrons. The van der Waals surface area contributed by atoms with Crippen molar-refractivity contribution in [3.8, 4) is 11.7 Å². The molecule has 6 nitrogen and oxygen atoms in total. The van der Waals surface area contributed by atoms with E-state index in [0.717, 1.165) is 18.4 Å². The number of aromatic nitrogens is 3. The predicted octanol–water partition coefficient (Wildman–Crippen LogP) is 3.52. The molecule has 25 heavy (non-hydrogen) atoms. The van der Waals surface area contributed by atoms with Gasteiger partial charge in [-0.05, 0) is 55.6 Å². The number of pyridine rings is 1. The number of hydrogen-bond donors (Lipinski definition) is 0. The van der Waals surface area contributed by atoms with Crippen molar-refractivity contribution in [2.45, 2.75) is 25.7 Å². The Bertz CT molecular complexity index is 772. The topological polar surface area (TPSA) is 66.2 Å². The first kappa shape index (κ1) is 16.4. The monoisotopic (exact) mass is 361 g/mol. The highest BCUT2D eigenvalue weighted by Gasteiger charge is 2.41. The molecule has 2 aromatic heterocycles. The van der Waals surface area contributed by atoms with Crippen LogP contribution in [-0.4, -0.2) is 34.5 Å². The van der Waals surface area contributed by atoms with Gasteiger partial charge in [-0.15, -0.1) is 5.10 Å². The number of esters is 1. The zero-order valence-electron chi connectivity index (χ0n) is 14.0. The summed E-state index contributed by atoms with van der Waals surface area (Å²) in [6, 6.07) is 5.07. The highest BCUT2D eigenvalue weighted by molar-refractivity contribution is 6.32. The van der Waals surface area contributed by atoms with Crippen molar-refractivity contribution in [1.82, 2.24) is 14.8 Å². The first-order valence-electron chi connectivity index (χ1n) is 8.59. The summed E-state index contributed by atoms with van der Waals surface area (Å²) in [6.07, 6.45) is 7.14. The maximum Gasteiger partial charge on any atom is 0.341 e. The second kappa shape index (κ2) is 6.67. The molecule has 2 fully saturated rings. The Kier molecular flexibility index (Phi) is 4.37. The molecule has 0 radical (unpaired) electrons. The summed E-state index contributed by atoms with van der Waals surface area (Å²) in [4.78, 5) is 15.8. The minimum absolute atomic E-state index is 0.0878. The van der Waals surface area contributed by atoms with Gasteiger partial charge in [0.25, 0.3) is 0 Å². The average Bonchev–Trinajstić information content (AvgIpc) is 3.54. The van der Waals surface area contributed by atoms with E-state index in [1.807, 2.05) is 6.07 Å². The lowest BCUT2D eigenvalue weighted by atomic mass is 9.99. The van der Waals surface area contributed by atoms with E-state index in [0.29, 0.717) is 17.6 Å². The van der Waals surface area contributed by atoms with Crippen LogP contribution in [0.4, 0.5) is 0 Å². The Hall–Kier alpha value is -2.08. The molecule has 2 aliphatic rings. The molecule has 0 N–H and O–H groups in total. The minimum Gasteiger partial charge on any atom is -0.476 e. The van der Waals surface area contributed by atoms with E-state index in [-0.39, 0.29) is 10.7 Å². The van der Waals surface area contributed by atoms with Crippen LogP contribution in [0.15, 0.2) is 24.4 Å². The van der Waals surface area contributed by atoms with Crippen LogP contribution in [0.5, 0.6) is 5.88 Å². The highest BCUT2D eigenvalue weighted by atomic mass is 35.5. The van der Waals surface area contributed by atoms with Crippen molar-refractivity contribution < 1.29 is 14.3 Å². The molecule has 4 rings (SSSR count). The molecule has 2 aromatic rings. The Balaban J connectivity index is 1.43. The largest absolute Gasteiger partial charge is 0.476 e. The molecule has 2 saturated carbocycles. The molecule has 2 aliphatic carbocycles. The smallest absolute Gasteiger partial charge is 0.341 e. The number of ether oxygens (including phenoxy) is 2. The molecule has 0 spiro atoms. The van der Waals surface area contributed by atoms with E-state index in [9.17, 15) is 4.79 Å². The van der Waals surface area contributed by atoms with Crippen molar-refractivity contribution in [1.29, 1.82) is 0 Å². The van der Waals surface area contributed by atoms with Crippen LogP contribution in [0.1, 0.15) is 36.0 Å². The number of rotatable bonds is 7. The van der Waals surface area contributed by atoms with Gasteiger partial charge in [-0.1, -0.05) is 11.6 Å². The molecular weight excluding hydrogens is 342 g/mol. The summed E-state index contributed by atoms with van der Waals surface area (Å²) in [5, 5.41) is 4.49. The zero-order chi connectivity index (χ0) is 17.4. The molecule has 0 bridgehead atoms. The number of carbonyl (C=O) groups excluding carboxylic acids is 1. The Morgan fingerprint density at radius 2 is 2.00 bits per heavy atom. The fourth-order valence-electron chi connectivity index (χ4n) is 3.21. The van der Waals surface area contributed by atoms with E-state index < -0.39 is 5.97 Å². The quantitative estimate of drug-likeness (QED) is 0.557. The third-order valence-corrected chi connectivity index (χ3v) is 5.21. The van der Waals surface area contributed by atoms with Crippen molar-refractivity contribution in [2.75, 3.05) is 13.7 Å². The van der Waals surface area contributed by atoms with Crippen molar-refractivity contribution in [2.24, 2.45) is 17.8 Å². The Morgan fingerprint density at radius 1 is 1.28 bits per heavy atom. The van der Waals surface area contributed by atoms with Crippen LogP contribution >= 0.6 is 11.6 Å². The van der Waals surface area contributed by atoms with Crippen LogP contribution in [0.2, 0.25) is 5.15 Å². The molecule has 0 unspecified atom stereocenters. The molecular formula is C18H20ClN3O3. The van der Waals surface area contributed by atoms with Gasteiger partial charge in [-0.2, -0.15) is 0 Å². The van der Waals surface area contributed by atoms with Gasteiger partial charge in [-0.25, -0.2) is 14.5 Å². The van der Waals surface area contributed by atoms with Crippen molar-refractivity contribution >= 4 is 17.6 Å². The third-order valence-electron chi connectivity index (χ3n) is 4.92. The van der Waals surface area contributed by atoms with E-state index >= 15 is 0 Å². The Morgan fingerprint density at radius 3 is 2.60 bits per heavy atom. The fourth-order valence-corrected chi connectivity index (χ4v) is 3.44. The summed E-state index contributed by atoms with van der Waals surface area (Å²) >= 11 is 6.06. The summed E-state index contributed by atoms with van der Waals surface area (Å²) in [6.45, 7) is 0.738. The third kappa shape index (κ3) is 3.63. The van der Waals surface area contributed by atoms with Crippen LogP contribution in [0, 0.1) is 17.8 Å². The zero-order valence-corrected chi connectivity index (χ0v) is 14.8. The average molecular weight is 362 g/mol. The molecule has 0 saturated heterocycles. The van der Waals surface area contributed by atoms with Crippen LogP contribution in [0.3, 0.4) is 0 Å². The SMILES string of the molecule is COC(=O)c1ccc(-n2ccc(OCC(C3CC3)C3CC3)n2)nc1Cl. The maximum atomic E-state index is 11.6. The molecule has 7 heteroatoms. The number of halogens is 1. The lowest BCUT2D eigenvalue weighted by Crippen LogP contribution is -2.16. The van der Waals surface area contributed by atoms with E-state index in [2.05, 4.69) is 14.8 Å². The molecule has 0 aromatic carbocycles. The lowest BCUT2D eigenvalue weighted by Gasteiger charge is -2.14. The lowest BCUT2D eigenvalue weighted by molar-refractivity contribution is 0.0600. The fraction of sp³-hybridized carbons (Fsp3) is 0.500. The molecule has 0 atom stereocenters. The molecule has 0 aliphatic heterocycles. The highest BCUT2D eigenvalue weighted by Crippen LogP contribution is 2.49. The van der Waals surface area contributed by atoms with Gasteiger partial charge < -0.3 is 9.47 Å². The second-order valence-corrected chi connectivity index (χ2v) is 7.11. The predicted molar refractivity (Wildman–Crippen MR) is 92.1 cm³/mol. The van der Waals surface area contributed by atoms with Gasteiger partial charge in [-0.3, -0.25) is 0 Å². The summed E-state index contributed by atoms with van der Waals surface area (Å²) in [5.41, 5.74) is 0.230. The number of nitrogens with zero attached hydrogens (tertiary/aromatic N) is 3. The van der Waals surface area contributed by atoms with Gasteiger partial charge in [0.15, 0.2) is 5.82 Å². The summed E-state index contributed by atoms with van der Waals surface area (Å²) in [5.74, 6) is 2.97. The summed E-state index contributed by atoms with van der Waals surface area (Å²) < 4.78 is 12.2. The standard InChI is InChI=1S/C18H20ClN3O3/c1-24-18(23)13-6-7-15(20-17(13)19)22-9-8-16(21-22)25-10-14(11-2-3-11)12-4-5-12/h6-9,11-12,14H,2-5,10H2,1H3. The number of hydrogen-bond acceptors (Lipinski definition) is 5. The first-order chi connectivity index (χ1) is 12.2. The normalized spacial score (nSPS) is 16.9. The van der Waals surface area contributed by atoms with Crippen molar-refractivity contribution in [3.63, 3.8) is 0 Å². The minimum atomic E-state index is -0.514. The number of carbonyl (C=O) groups is 1. The van der Waals surface area contributed by atoms with E-state index in [1.54, 1.807) is 23.0 Å². The molecule has 0 amide bonds. The molecule has 2 heterocycles. The van der Waals surface area contributed by atoms with Gasteiger partial charge in [0.05, 0.1) is 19.3 Å². The first-order valence-corrected chi connectivity index (χ1v) is 8.97. The van der Waals surface area contributed by atoms with Crippen molar-refractivity contribution in [3.05, 3.63) is 35.1 Å².